The van der Waals surface area contributed by atoms with E-state index in [1.54, 1.807) is 17.5 Å². The fourth-order valence-corrected chi connectivity index (χ4v) is 3.61. The van der Waals surface area contributed by atoms with Gasteiger partial charge in [0.1, 0.15) is 5.69 Å². The van der Waals surface area contributed by atoms with E-state index >= 15 is 0 Å². The molecule has 0 spiro atoms. The van der Waals surface area contributed by atoms with Crippen molar-refractivity contribution in [3.05, 3.63) is 58.3 Å². The minimum atomic E-state index is -0.155. The van der Waals surface area contributed by atoms with E-state index < -0.39 is 0 Å². The van der Waals surface area contributed by atoms with Crippen molar-refractivity contribution in [3.8, 4) is 5.69 Å². The molecule has 0 atom stereocenters. The second kappa shape index (κ2) is 7.63. The Labute approximate surface area is 149 Å². The quantitative estimate of drug-likeness (QED) is 0.685. The summed E-state index contributed by atoms with van der Waals surface area (Å²) < 4.78 is 1.87. The van der Waals surface area contributed by atoms with Gasteiger partial charge in [-0.2, -0.15) is 0 Å². The molecule has 3 rings (SSSR count). The summed E-state index contributed by atoms with van der Waals surface area (Å²) in [6.45, 7) is 2.49. The number of carbonyl (C=O) groups excluding carboxylic acids is 1. The molecule has 3 aromatic rings. The van der Waals surface area contributed by atoms with Crippen molar-refractivity contribution in [1.29, 1.82) is 0 Å². The van der Waals surface area contributed by atoms with Gasteiger partial charge in [-0.1, -0.05) is 36.9 Å². The monoisotopic (exact) mass is 358 g/mol. The molecule has 0 unspecified atom stereocenters. The number of thiazole rings is 1. The molecule has 7 heteroatoms. The number of hydrogen-bond donors (Lipinski definition) is 1. The van der Waals surface area contributed by atoms with E-state index in [1.165, 1.54) is 11.8 Å². The number of hydrogen-bond acceptors (Lipinski definition) is 5. The van der Waals surface area contributed by atoms with Crippen LogP contribution in [0.1, 0.15) is 28.1 Å². The molecule has 1 aromatic carbocycles. The van der Waals surface area contributed by atoms with Crippen LogP contribution in [0.4, 0.5) is 0 Å². The van der Waals surface area contributed by atoms with Gasteiger partial charge >= 0.3 is 0 Å². The van der Waals surface area contributed by atoms with Gasteiger partial charge in [0.2, 0.25) is 0 Å². The van der Waals surface area contributed by atoms with E-state index in [0.717, 1.165) is 28.0 Å². The summed E-state index contributed by atoms with van der Waals surface area (Å²) in [7, 11) is 0. The Hall–Kier alpha value is -2.12. The van der Waals surface area contributed by atoms with Crippen molar-refractivity contribution in [2.45, 2.75) is 25.0 Å². The van der Waals surface area contributed by atoms with Crippen LogP contribution in [0.15, 0.2) is 47.1 Å². The molecule has 0 fully saturated rings. The Balaban J connectivity index is 1.81. The standard InChI is InChI=1S/C17H18N4OS2/c1-3-15-20-12(11-24-15)9-18-16(22)14-10-19-17(23-2)21(14)13-7-5-4-6-8-13/h4-8,10-11H,3,9H2,1-2H3,(H,18,22). The van der Waals surface area contributed by atoms with Gasteiger partial charge in [-0.15, -0.1) is 11.3 Å². The van der Waals surface area contributed by atoms with Gasteiger partial charge in [0.25, 0.3) is 5.91 Å². The van der Waals surface area contributed by atoms with Gasteiger partial charge in [0, 0.05) is 11.1 Å². The number of carbonyl (C=O) groups is 1. The van der Waals surface area contributed by atoms with Gasteiger partial charge in [-0.3, -0.25) is 9.36 Å². The lowest BCUT2D eigenvalue weighted by molar-refractivity contribution is 0.0943. The van der Waals surface area contributed by atoms with Crippen LogP contribution in [0.3, 0.4) is 0 Å². The zero-order chi connectivity index (χ0) is 16.9. The Morgan fingerprint density at radius 2 is 2.12 bits per heavy atom. The Kier molecular flexibility index (Phi) is 5.32. The number of benzene rings is 1. The van der Waals surface area contributed by atoms with Crippen LogP contribution in [-0.2, 0) is 13.0 Å². The lowest BCUT2D eigenvalue weighted by Gasteiger charge is -2.10. The molecule has 124 valence electrons. The lowest BCUT2D eigenvalue weighted by Crippen LogP contribution is -2.25. The third-order valence-corrected chi connectivity index (χ3v) is 5.19. The molecule has 0 aliphatic heterocycles. The van der Waals surface area contributed by atoms with Crippen molar-refractivity contribution in [3.63, 3.8) is 0 Å². The molecule has 0 aliphatic carbocycles. The molecule has 24 heavy (non-hydrogen) atoms. The van der Waals surface area contributed by atoms with E-state index in [2.05, 4.69) is 22.2 Å². The van der Waals surface area contributed by atoms with Gasteiger partial charge in [-0.25, -0.2) is 9.97 Å². The number of aromatic nitrogens is 3. The summed E-state index contributed by atoms with van der Waals surface area (Å²) >= 11 is 3.13. The van der Waals surface area contributed by atoms with Crippen LogP contribution >= 0.6 is 23.1 Å². The van der Waals surface area contributed by atoms with Crippen LogP contribution in [-0.4, -0.2) is 26.7 Å². The number of amides is 1. The lowest BCUT2D eigenvalue weighted by atomic mass is 10.3. The molecule has 0 saturated heterocycles. The van der Waals surface area contributed by atoms with Crippen LogP contribution in [0.2, 0.25) is 0 Å². The Morgan fingerprint density at radius 1 is 1.33 bits per heavy atom. The second-order valence-electron chi connectivity index (χ2n) is 5.07. The van der Waals surface area contributed by atoms with E-state index in [1.807, 2.05) is 46.5 Å². The predicted molar refractivity (Wildman–Crippen MR) is 98.0 cm³/mol. The minimum absolute atomic E-state index is 0.155. The first-order valence-electron chi connectivity index (χ1n) is 7.61. The molecular weight excluding hydrogens is 340 g/mol. The zero-order valence-electron chi connectivity index (χ0n) is 13.5. The maximum absolute atomic E-state index is 12.6. The summed E-state index contributed by atoms with van der Waals surface area (Å²) in [4.78, 5) is 21.4. The third kappa shape index (κ3) is 3.52. The highest BCUT2D eigenvalue weighted by atomic mass is 32.2. The van der Waals surface area contributed by atoms with E-state index in [9.17, 15) is 4.79 Å². The molecule has 1 amide bonds. The average molecular weight is 358 g/mol. The van der Waals surface area contributed by atoms with Gasteiger partial charge in [0.15, 0.2) is 5.16 Å². The Bertz CT molecular complexity index is 826. The highest BCUT2D eigenvalue weighted by Crippen LogP contribution is 2.21. The number of thioether (sulfide) groups is 1. The van der Waals surface area contributed by atoms with Crippen molar-refractivity contribution in [2.75, 3.05) is 6.26 Å². The average Bonchev–Trinajstić information content (AvgIpc) is 3.26. The zero-order valence-corrected chi connectivity index (χ0v) is 15.2. The molecular formula is C17H18N4OS2. The highest BCUT2D eigenvalue weighted by molar-refractivity contribution is 7.98. The number of aryl methyl sites for hydroxylation is 1. The highest BCUT2D eigenvalue weighted by Gasteiger charge is 2.17. The molecule has 5 nitrogen and oxygen atoms in total. The SMILES string of the molecule is CCc1nc(CNC(=O)c2cnc(SC)n2-c2ccccc2)cs1. The number of nitrogens with zero attached hydrogens (tertiary/aromatic N) is 3. The van der Waals surface area contributed by atoms with Crippen molar-refractivity contribution in [1.82, 2.24) is 19.9 Å². The van der Waals surface area contributed by atoms with Crippen LogP contribution in [0.5, 0.6) is 0 Å². The summed E-state index contributed by atoms with van der Waals surface area (Å²) in [5.74, 6) is -0.155. The molecule has 2 heterocycles. The topological polar surface area (TPSA) is 59.8 Å². The number of imidazole rings is 1. The van der Waals surface area contributed by atoms with Crippen molar-refractivity contribution < 1.29 is 4.79 Å². The van der Waals surface area contributed by atoms with E-state index in [4.69, 9.17) is 0 Å². The third-order valence-electron chi connectivity index (χ3n) is 3.49. The smallest absolute Gasteiger partial charge is 0.270 e. The fraction of sp³-hybridized carbons (Fsp3) is 0.235. The first kappa shape index (κ1) is 16.7. The van der Waals surface area contributed by atoms with Crippen LogP contribution < -0.4 is 5.32 Å². The molecule has 0 saturated carbocycles. The largest absolute Gasteiger partial charge is 0.345 e. The van der Waals surface area contributed by atoms with Crippen molar-refractivity contribution in [2.24, 2.45) is 0 Å². The van der Waals surface area contributed by atoms with E-state index in [-0.39, 0.29) is 5.91 Å². The minimum Gasteiger partial charge on any atom is -0.345 e. The Morgan fingerprint density at radius 3 is 2.79 bits per heavy atom. The first-order valence-corrected chi connectivity index (χ1v) is 9.72. The normalized spacial score (nSPS) is 10.8. The van der Waals surface area contributed by atoms with Gasteiger partial charge in [-0.05, 0) is 24.8 Å². The summed E-state index contributed by atoms with van der Waals surface area (Å²) in [5, 5.41) is 6.79. The molecule has 2 aromatic heterocycles. The molecule has 0 radical (unpaired) electrons. The fourth-order valence-electron chi connectivity index (χ4n) is 2.32. The van der Waals surface area contributed by atoms with Crippen molar-refractivity contribution >= 4 is 29.0 Å². The molecule has 0 bridgehead atoms. The maximum Gasteiger partial charge on any atom is 0.270 e. The van der Waals surface area contributed by atoms with Gasteiger partial charge in [0.05, 0.1) is 23.4 Å². The van der Waals surface area contributed by atoms with Crippen LogP contribution in [0, 0.1) is 0 Å². The number of para-hydroxylation sites is 1. The van der Waals surface area contributed by atoms with Gasteiger partial charge < -0.3 is 5.32 Å². The summed E-state index contributed by atoms with van der Waals surface area (Å²) in [5.41, 5.74) is 2.34. The molecule has 1 N–H and O–H groups in total. The molecule has 0 aliphatic rings. The second-order valence-corrected chi connectivity index (χ2v) is 6.79. The predicted octanol–water partition coefficient (Wildman–Crippen LogP) is 3.54. The maximum atomic E-state index is 12.6. The summed E-state index contributed by atoms with van der Waals surface area (Å²) in [6.07, 6.45) is 4.48. The van der Waals surface area contributed by atoms with E-state index in [0.29, 0.717) is 12.2 Å². The first-order chi connectivity index (χ1) is 11.7. The van der Waals surface area contributed by atoms with Crippen LogP contribution in [0.25, 0.3) is 5.69 Å². The number of nitrogens with one attached hydrogen (secondary N) is 1. The number of rotatable bonds is 6. The summed E-state index contributed by atoms with van der Waals surface area (Å²) in [6, 6.07) is 9.77.